The van der Waals surface area contributed by atoms with E-state index in [4.69, 9.17) is 24.2 Å². The highest BCUT2D eigenvalue weighted by Gasteiger charge is 2.29. The third kappa shape index (κ3) is 5.25. The average molecular weight is 730 g/mol. The van der Waals surface area contributed by atoms with Crippen LogP contribution in [0.1, 0.15) is 94.7 Å². The lowest BCUT2D eigenvalue weighted by Crippen LogP contribution is -2.31. The highest BCUT2D eigenvalue weighted by Crippen LogP contribution is 2.41. The van der Waals surface area contributed by atoms with Crippen molar-refractivity contribution in [3.05, 3.63) is 90.0 Å². The van der Waals surface area contributed by atoms with Crippen molar-refractivity contribution in [3.63, 3.8) is 0 Å². The van der Waals surface area contributed by atoms with Gasteiger partial charge in [0.1, 0.15) is 0 Å². The van der Waals surface area contributed by atoms with Crippen LogP contribution in [-0.4, -0.2) is 63.7 Å². The molecular weight excluding hydrogens is 690 g/mol. The third-order valence-corrected chi connectivity index (χ3v) is 10.8. The van der Waals surface area contributed by atoms with Gasteiger partial charge in [0.05, 0.1) is 77.0 Å². The number of hydrogen-bond donors (Lipinski definition) is 2. The van der Waals surface area contributed by atoms with Crippen molar-refractivity contribution in [1.82, 2.24) is 24.5 Å². The van der Waals surface area contributed by atoms with Crippen LogP contribution >= 0.6 is 0 Å². The van der Waals surface area contributed by atoms with Gasteiger partial charge in [-0.2, -0.15) is 0 Å². The molecule has 8 bridgehead atoms. The summed E-state index contributed by atoms with van der Waals surface area (Å²) in [5.74, 6) is -1.90. The van der Waals surface area contributed by atoms with Crippen molar-refractivity contribution < 1.29 is 28.6 Å². The van der Waals surface area contributed by atoms with Gasteiger partial charge in [-0.25, -0.2) is 19.6 Å². The Labute approximate surface area is 308 Å². The molecule has 2 aliphatic rings. The summed E-state index contributed by atoms with van der Waals surface area (Å²) >= 11 is 0. The second kappa shape index (κ2) is 13.2. The van der Waals surface area contributed by atoms with Gasteiger partial charge in [-0.1, -0.05) is 13.0 Å². The maximum Gasteiger partial charge on any atom is 0.339 e. The standard InChI is InChI=1S/C41H39N5O8/c1-10-21-19(4)34-32-31(41(51)54-9)24(40(50)53-8)12-11-22-17(2)25(42-35(22)32)15-26-18(3)23(13-14-29(47)52-7)36(43-26)33-37-30(38(48)46(6)39(33)49)20(5)27(44-37)16-28(21)45-34/h11-12,15-16,42,44H,10,13-14H2,1-9H3. The predicted molar refractivity (Wildman–Crippen MR) is 207 cm³/mol. The number of nitrogens with one attached hydrogen (secondary N) is 2. The summed E-state index contributed by atoms with van der Waals surface area (Å²) in [5.41, 5.74) is 7.36. The number of hydrogen-bond acceptors (Lipinski definition) is 10. The van der Waals surface area contributed by atoms with Crippen LogP contribution < -0.4 is 11.1 Å². The van der Waals surface area contributed by atoms with Crippen molar-refractivity contribution in [2.24, 2.45) is 7.05 Å². The van der Waals surface area contributed by atoms with E-state index in [1.54, 1.807) is 19.1 Å². The number of aromatic amines is 2. The molecule has 0 fully saturated rings. The smallest absolute Gasteiger partial charge is 0.339 e. The Kier molecular flexibility index (Phi) is 8.83. The minimum atomic E-state index is -0.752. The molecule has 0 unspecified atom stereocenters. The second-order valence-corrected chi connectivity index (χ2v) is 13.5. The molecule has 276 valence electrons. The summed E-state index contributed by atoms with van der Waals surface area (Å²) in [6.07, 6.45) is 0.822. The van der Waals surface area contributed by atoms with Gasteiger partial charge in [0.25, 0.3) is 11.1 Å². The first kappa shape index (κ1) is 36.0. The molecule has 0 saturated carbocycles. The molecule has 0 spiro atoms. The first-order valence-electron chi connectivity index (χ1n) is 17.5. The van der Waals surface area contributed by atoms with E-state index in [1.807, 2.05) is 39.8 Å². The summed E-state index contributed by atoms with van der Waals surface area (Å²) in [4.78, 5) is 84.5. The van der Waals surface area contributed by atoms with E-state index < -0.39 is 29.0 Å². The van der Waals surface area contributed by atoms with Gasteiger partial charge in [0.15, 0.2) is 0 Å². The number of ether oxygens (including phenoxy) is 3. The first-order chi connectivity index (χ1) is 25.8. The molecule has 2 N–H and O–H groups in total. The lowest BCUT2D eigenvalue weighted by Gasteiger charge is -2.08. The zero-order valence-corrected chi connectivity index (χ0v) is 31.5. The first-order valence-corrected chi connectivity index (χ1v) is 17.5. The minimum Gasteiger partial charge on any atom is -0.469 e. The normalized spacial score (nSPS) is 13.0. The number of nitrogens with zero attached hydrogens (tertiary/aromatic N) is 3. The molecule has 54 heavy (non-hydrogen) atoms. The Hall–Kier alpha value is -6.37. The molecule has 0 aliphatic carbocycles. The predicted octanol–water partition coefficient (Wildman–Crippen LogP) is 6.53. The largest absolute Gasteiger partial charge is 0.469 e. The van der Waals surface area contributed by atoms with Crippen molar-refractivity contribution in [2.75, 3.05) is 21.3 Å². The van der Waals surface area contributed by atoms with Crippen molar-refractivity contribution in [3.8, 4) is 0 Å². The van der Waals surface area contributed by atoms with E-state index in [0.29, 0.717) is 78.6 Å². The van der Waals surface area contributed by atoms with E-state index in [1.165, 1.54) is 28.4 Å². The zero-order chi connectivity index (χ0) is 38.9. The molecule has 0 amide bonds. The molecule has 13 heteroatoms. The topological polar surface area (TPSA) is 175 Å². The number of pyridine rings is 1. The van der Waals surface area contributed by atoms with E-state index >= 15 is 0 Å². The minimum absolute atomic E-state index is 0.00551. The van der Waals surface area contributed by atoms with Crippen LogP contribution in [0.2, 0.25) is 0 Å². The maximum atomic E-state index is 14.1. The number of carbonyl (C=O) groups excluding carboxylic acids is 3. The molecule has 4 aromatic heterocycles. The fraction of sp³-hybridized carbons (Fsp3) is 0.293. The van der Waals surface area contributed by atoms with Crippen LogP contribution in [0.4, 0.5) is 0 Å². The summed E-state index contributed by atoms with van der Waals surface area (Å²) in [6, 6.07) is 6.99. The summed E-state index contributed by atoms with van der Waals surface area (Å²) < 4.78 is 16.5. The van der Waals surface area contributed by atoms with Crippen molar-refractivity contribution in [1.29, 1.82) is 0 Å². The molecule has 1 aromatic carbocycles. The number of carbonyl (C=O) groups is 3. The van der Waals surface area contributed by atoms with Crippen LogP contribution in [0.25, 0.3) is 65.9 Å². The number of esters is 3. The Morgan fingerprint density at radius 3 is 2.02 bits per heavy atom. The molecule has 0 saturated heterocycles. The highest BCUT2D eigenvalue weighted by atomic mass is 16.5. The monoisotopic (exact) mass is 729 g/mol. The number of aryl methyl sites for hydroxylation is 2. The van der Waals surface area contributed by atoms with Crippen LogP contribution in [0.15, 0.2) is 33.9 Å². The number of aromatic nitrogens is 5. The zero-order valence-electron chi connectivity index (χ0n) is 31.5. The number of rotatable bonds is 6. The van der Waals surface area contributed by atoms with Crippen LogP contribution in [0, 0.1) is 13.8 Å². The van der Waals surface area contributed by atoms with Gasteiger partial charge in [0.2, 0.25) is 0 Å². The van der Waals surface area contributed by atoms with Gasteiger partial charge in [0, 0.05) is 35.3 Å². The van der Waals surface area contributed by atoms with E-state index in [2.05, 4.69) is 9.97 Å². The summed E-state index contributed by atoms with van der Waals surface area (Å²) in [7, 11) is 5.26. The summed E-state index contributed by atoms with van der Waals surface area (Å²) in [5, 5.41) is 1.60. The fourth-order valence-electron chi connectivity index (χ4n) is 7.76. The molecule has 13 nitrogen and oxygen atoms in total. The lowest BCUT2D eigenvalue weighted by molar-refractivity contribution is -0.140. The molecular formula is C41H39N5O8. The maximum absolute atomic E-state index is 14.1. The van der Waals surface area contributed by atoms with Gasteiger partial charge >= 0.3 is 17.9 Å². The molecule has 0 radical (unpaired) electrons. The third-order valence-electron chi connectivity index (χ3n) is 10.8. The fourth-order valence-corrected chi connectivity index (χ4v) is 7.76. The van der Waals surface area contributed by atoms with Gasteiger partial charge in [-0.3, -0.25) is 19.0 Å². The molecule has 2 aliphatic heterocycles. The lowest BCUT2D eigenvalue weighted by atomic mass is 9.98. The molecule has 7 rings (SSSR count). The number of H-pyrrole nitrogens is 2. The summed E-state index contributed by atoms with van der Waals surface area (Å²) in [6.45, 7) is 9.50. The van der Waals surface area contributed by atoms with Crippen LogP contribution in [-0.2, 0) is 26.1 Å². The van der Waals surface area contributed by atoms with Gasteiger partial charge in [-0.15, -0.1) is 0 Å². The van der Waals surface area contributed by atoms with Crippen molar-refractivity contribution >= 4 is 83.8 Å². The SMILES string of the molecule is CCC1=C(C)c2nc1cc1[nH]c3c(c4nc(cc5[nH]c6c(ccc(C(=O)OC)c(C(=O)OC)c26)c5C)C(C)=C4CCC(=O)OC)c(=O)n(C)c(=O)c3c1C. The van der Waals surface area contributed by atoms with E-state index in [9.17, 15) is 24.0 Å². The van der Waals surface area contributed by atoms with E-state index in [-0.39, 0.29) is 29.4 Å². The Morgan fingerprint density at radius 2 is 1.35 bits per heavy atom. The van der Waals surface area contributed by atoms with Gasteiger partial charge < -0.3 is 24.2 Å². The quantitative estimate of drug-likeness (QED) is 0.144. The highest BCUT2D eigenvalue weighted by molar-refractivity contribution is 6.19. The Morgan fingerprint density at radius 1 is 0.722 bits per heavy atom. The molecule has 5 aromatic rings. The average Bonchev–Trinajstić information content (AvgIpc) is 3.81. The number of fused-ring (bicyclic) bond motifs is 8. The van der Waals surface area contributed by atoms with E-state index in [0.717, 1.165) is 26.8 Å². The number of allylic oxidation sites excluding steroid dienone is 4. The number of methoxy groups -OCH3 is 3. The Bertz CT molecular complexity index is 2870. The van der Waals surface area contributed by atoms with Gasteiger partial charge in [-0.05, 0) is 92.2 Å². The second-order valence-electron chi connectivity index (χ2n) is 13.5. The van der Waals surface area contributed by atoms with Crippen LogP contribution in [0.5, 0.6) is 0 Å². The van der Waals surface area contributed by atoms with Crippen molar-refractivity contribution in [2.45, 2.75) is 53.9 Å². The Balaban J connectivity index is 1.81. The molecule has 6 heterocycles. The van der Waals surface area contributed by atoms with Crippen LogP contribution in [0.3, 0.4) is 0 Å². The molecule has 0 atom stereocenters.